The maximum atomic E-state index is 12.4. The summed E-state index contributed by atoms with van der Waals surface area (Å²) in [5.74, 6) is -1.57. The lowest BCUT2D eigenvalue weighted by molar-refractivity contribution is -0.140. The van der Waals surface area contributed by atoms with Crippen LogP contribution in [0.5, 0.6) is 0 Å². The Morgan fingerprint density at radius 3 is 2.33 bits per heavy atom. The summed E-state index contributed by atoms with van der Waals surface area (Å²) in [7, 11) is -0.355. The van der Waals surface area contributed by atoms with E-state index >= 15 is 0 Å². The van der Waals surface area contributed by atoms with Gasteiger partial charge in [-0.2, -0.15) is 4.72 Å². The molecule has 0 aliphatic heterocycles. The van der Waals surface area contributed by atoms with Gasteiger partial charge in [-0.15, -0.1) is 0 Å². The molecule has 0 aliphatic carbocycles. The van der Waals surface area contributed by atoms with Crippen LogP contribution in [0.1, 0.15) is 13.8 Å². The normalized spacial score (nSPS) is 13.2. The van der Waals surface area contributed by atoms with Crippen molar-refractivity contribution in [3.8, 4) is 0 Å². The maximum Gasteiger partial charge on any atom is 0.322 e. The fourth-order valence-corrected chi connectivity index (χ4v) is 4.00. The Balaban J connectivity index is 3.24. The SMILES string of the molecule is CC(C)[C@@H](NS(=O)(=O)c1cc(N(C)C)ccc1Br)C(=O)O. The number of benzene rings is 1. The molecule has 8 heteroatoms. The molecule has 0 aromatic heterocycles. The van der Waals surface area contributed by atoms with Gasteiger partial charge in [0.15, 0.2) is 0 Å². The Labute approximate surface area is 133 Å². The molecule has 21 heavy (non-hydrogen) atoms. The molecule has 1 aromatic carbocycles. The van der Waals surface area contributed by atoms with Crippen LogP contribution in [-0.2, 0) is 14.8 Å². The highest BCUT2D eigenvalue weighted by molar-refractivity contribution is 9.10. The van der Waals surface area contributed by atoms with Crippen molar-refractivity contribution in [1.29, 1.82) is 0 Å². The van der Waals surface area contributed by atoms with Crippen molar-refractivity contribution in [2.75, 3.05) is 19.0 Å². The van der Waals surface area contributed by atoms with Crippen LogP contribution in [0, 0.1) is 5.92 Å². The highest BCUT2D eigenvalue weighted by Gasteiger charge is 2.29. The van der Waals surface area contributed by atoms with E-state index in [4.69, 9.17) is 5.11 Å². The molecule has 6 nitrogen and oxygen atoms in total. The summed E-state index contributed by atoms with van der Waals surface area (Å²) in [5, 5.41) is 9.12. The average molecular weight is 379 g/mol. The van der Waals surface area contributed by atoms with Crippen molar-refractivity contribution in [2.45, 2.75) is 24.8 Å². The number of hydrogen-bond donors (Lipinski definition) is 2. The molecule has 0 spiro atoms. The van der Waals surface area contributed by atoms with E-state index in [1.54, 1.807) is 45.0 Å². The summed E-state index contributed by atoms with van der Waals surface area (Å²) < 4.78 is 27.5. The zero-order chi connectivity index (χ0) is 16.4. The van der Waals surface area contributed by atoms with Gasteiger partial charge in [-0.3, -0.25) is 4.79 Å². The minimum atomic E-state index is -3.94. The van der Waals surface area contributed by atoms with Crippen LogP contribution in [0.15, 0.2) is 27.6 Å². The third-order valence-electron chi connectivity index (χ3n) is 2.94. The molecule has 0 radical (unpaired) electrons. The van der Waals surface area contributed by atoms with Crippen LogP contribution < -0.4 is 9.62 Å². The van der Waals surface area contributed by atoms with Crippen molar-refractivity contribution in [3.63, 3.8) is 0 Å². The fourth-order valence-electron chi connectivity index (χ4n) is 1.68. The molecular formula is C13H19BrN2O4S. The molecule has 0 amide bonds. The van der Waals surface area contributed by atoms with Crippen molar-refractivity contribution < 1.29 is 18.3 Å². The van der Waals surface area contributed by atoms with Gasteiger partial charge in [0.1, 0.15) is 6.04 Å². The topological polar surface area (TPSA) is 86.7 Å². The molecule has 0 saturated heterocycles. The minimum Gasteiger partial charge on any atom is -0.480 e. The molecule has 118 valence electrons. The van der Waals surface area contributed by atoms with Gasteiger partial charge < -0.3 is 10.0 Å². The van der Waals surface area contributed by atoms with E-state index in [1.807, 2.05) is 0 Å². The number of sulfonamides is 1. The zero-order valence-corrected chi connectivity index (χ0v) is 14.7. The molecule has 2 N–H and O–H groups in total. The van der Waals surface area contributed by atoms with E-state index in [0.29, 0.717) is 10.2 Å². The lowest BCUT2D eigenvalue weighted by Crippen LogP contribution is -2.44. The molecule has 0 saturated carbocycles. The zero-order valence-electron chi connectivity index (χ0n) is 12.3. The number of hydrogen-bond acceptors (Lipinski definition) is 4. The summed E-state index contributed by atoms with van der Waals surface area (Å²) in [4.78, 5) is 12.9. The quantitative estimate of drug-likeness (QED) is 0.789. The number of nitrogens with one attached hydrogen (secondary N) is 1. The fraction of sp³-hybridized carbons (Fsp3) is 0.462. The van der Waals surface area contributed by atoms with Crippen LogP contribution >= 0.6 is 15.9 Å². The molecule has 1 atom stereocenters. The summed E-state index contributed by atoms with van der Waals surface area (Å²) in [5.41, 5.74) is 0.704. The second-order valence-electron chi connectivity index (χ2n) is 5.19. The van der Waals surface area contributed by atoms with Gasteiger partial charge in [0.25, 0.3) is 0 Å². The first-order valence-electron chi connectivity index (χ1n) is 6.28. The number of carbonyl (C=O) groups is 1. The summed E-state index contributed by atoms with van der Waals surface area (Å²) in [6, 6.07) is 3.70. The Morgan fingerprint density at radius 2 is 1.90 bits per heavy atom. The number of aliphatic carboxylic acids is 1. The second-order valence-corrected chi connectivity index (χ2v) is 7.73. The number of carboxylic acids is 1. The monoisotopic (exact) mass is 378 g/mol. The number of halogens is 1. The van der Waals surface area contributed by atoms with E-state index in [-0.39, 0.29) is 10.8 Å². The molecule has 0 unspecified atom stereocenters. The van der Waals surface area contributed by atoms with Crippen molar-refractivity contribution in [2.24, 2.45) is 5.92 Å². The lowest BCUT2D eigenvalue weighted by Gasteiger charge is -2.20. The summed E-state index contributed by atoms with van der Waals surface area (Å²) in [6.45, 7) is 3.29. The number of nitrogens with zero attached hydrogens (tertiary/aromatic N) is 1. The van der Waals surface area contributed by atoms with Gasteiger partial charge in [0, 0.05) is 24.3 Å². The highest BCUT2D eigenvalue weighted by Crippen LogP contribution is 2.27. The molecule has 0 fully saturated rings. The van der Waals surface area contributed by atoms with E-state index in [2.05, 4.69) is 20.7 Å². The average Bonchev–Trinajstić information content (AvgIpc) is 2.35. The molecule has 1 aromatic rings. The Bertz CT molecular complexity index is 629. The molecule has 0 heterocycles. The van der Waals surface area contributed by atoms with Gasteiger partial charge in [-0.05, 0) is 40.0 Å². The number of carboxylic acid groups (broad SMARTS) is 1. The van der Waals surface area contributed by atoms with Gasteiger partial charge in [0.05, 0.1) is 4.90 Å². The first-order chi connectivity index (χ1) is 9.56. The third-order valence-corrected chi connectivity index (χ3v) is 5.37. The van der Waals surface area contributed by atoms with Gasteiger partial charge in [-0.25, -0.2) is 8.42 Å². The minimum absolute atomic E-state index is 0.0144. The Kier molecular flexibility index (Phi) is 5.77. The van der Waals surface area contributed by atoms with Crippen molar-refractivity contribution in [1.82, 2.24) is 4.72 Å². The molecule has 0 aliphatic rings. The molecular weight excluding hydrogens is 360 g/mol. The predicted molar refractivity (Wildman–Crippen MR) is 85.1 cm³/mol. The Morgan fingerprint density at radius 1 is 1.33 bits per heavy atom. The lowest BCUT2D eigenvalue weighted by atomic mass is 10.1. The van der Waals surface area contributed by atoms with Crippen LogP contribution in [0.4, 0.5) is 5.69 Å². The highest BCUT2D eigenvalue weighted by atomic mass is 79.9. The first kappa shape index (κ1) is 17.9. The molecule has 1 rings (SSSR count). The van der Waals surface area contributed by atoms with Crippen molar-refractivity contribution in [3.05, 3.63) is 22.7 Å². The predicted octanol–water partition coefficient (Wildman–Crippen LogP) is 1.90. The smallest absolute Gasteiger partial charge is 0.322 e. The van der Waals surface area contributed by atoms with Crippen LogP contribution in [0.2, 0.25) is 0 Å². The first-order valence-corrected chi connectivity index (χ1v) is 8.56. The van der Waals surface area contributed by atoms with Gasteiger partial charge >= 0.3 is 5.97 Å². The second kappa shape index (κ2) is 6.76. The van der Waals surface area contributed by atoms with E-state index in [0.717, 1.165) is 0 Å². The number of rotatable bonds is 6. The standard InChI is InChI=1S/C13H19BrN2O4S/c1-8(2)12(13(17)18)15-21(19,20)11-7-9(16(3)4)5-6-10(11)14/h5-8,12,15H,1-4H3,(H,17,18)/t12-/m1/s1. The van der Waals surface area contributed by atoms with Gasteiger partial charge in [-0.1, -0.05) is 13.8 Å². The largest absolute Gasteiger partial charge is 0.480 e. The number of anilines is 1. The van der Waals surface area contributed by atoms with E-state index < -0.39 is 22.0 Å². The van der Waals surface area contributed by atoms with Gasteiger partial charge in [0.2, 0.25) is 10.0 Å². The summed E-state index contributed by atoms with van der Waals surface area (Å²) >= 11 is 3.19. The van der Waals surface area contributed by atoms with E-state index in [9.17, 15) is 13.2 Å². The van der Waals surface area contributed by atoms with Crippen molar-refractivity contribution >= 4 is 37.6 Å². The summed E-state index contributed by atoms with van der Waals surface area (Å²) in [6.07, 6.45) is 0. The molecule has 0 bridgehead atoms. The van der Waals surface area contributed by atoms with Crippen LogP contribution in [-0.4, -0.2) is 39.6 Å². The Hall–Kier alpha value is -1.12. The maximum absolute atomic E-state index is 12.4. The van der Waals surface area contributed by atoms with Crippen LogP contribution in [0.3, 0.4) is 0 Å². The van der Waals surface area contributed by atoms with E-state index in [1.165, 1.54) is 6.07 Å². The van der Waals surface area contributed by atoms with Crippen LogP contribution in [0.25, 0.3) is 0 Å². The third kappa shape index (κ3) is 4.42.